The molecule has 1 aromatic carbocycles. The molecule has 23 heavy (non-hydrogen) atoms. The molecule has 0 radical (unpaired) electrons. The standard InChI is InChI=1S/C20H32N2O/c1-16-5-3-7-20(17(16)2)22-12-8-19(9-13-22)21-11-4-6-18-10-14-23-15-18/h3,5,7,18-19,21H,4,6,8-15H2,1-2H3. The van der Waals surface area contributed by atoms with Crippen molar-refractivity contribution in [3.05, 3.63) is 29.3 Å². The molecule has 3 rings (SSSR count). The van der Waals surface area contributed by atoms with E-state index in [1.165, 1.54) is 68.6 Å². The largest absolute Gasteiger partial charge is 0.381 e. The Bertz CT molecular complexity index is 488. The average Bonchev–Trinajstić information content (AvgIpc) is 3.08. The normalized spacial score (nSPS) is 22.7. The van der Waals surface area contributed by atoms with Crippen molar-refractivity contribution < 1.29 is 4.74 Å². The van der Waals surface area contributed by atoms with Crippen LogP contribution in [0.25, 0.3) is 0 Å². The van der Waals surface area contributed by atoms with Crippen LogP contribution in [0.2, 0.25) is 0 Å². The fourth-order valence-electron chi connectivity index (χ4n) is 3.91. The van der Waals surface area contributed by atoms with Crippen LogP contribution < -0.4 is 10.2 Å². The van der Waals surface area contributed by atoms with Crippen LogP contribution in [0.3, 0.4) is 0 Å². The molecule has 2 saturated heterocycles. The number of anilines is 1. The van der Waals surface area contributed by atoms with Crippen molar-refractivity contribution in [1.82, 2.24) is 5.32 Å². The molecule has 0 aliphatic carbocycles. The van der Waals surface area contributed by atoms with E-state index < -0.39 is 0 Å². The van der Waals surface area contributed by atoms with Crippen molar-refractivity contribution in [2.75, 3.05) is 37.7 Å². The predicted molar refractivity (Wildman–Crippen MR) is 97.3 cm³/mol. The van der Waals surface area contributed by atoms with Gasteiger partial charge in [0.2, 0.25) is 0 Å². The number of rotatable bonds is 6. The van der Waals surface area contributed by atoms with Gasteiger partial charge in [0.25, 0.3) is 0 Å². The third kappa shape index (κ3) is 4.48. The highest BCUT2D eigenvalue weighted by molar-refractivity contribution is 5.56. The third-order valence-electron chi connectivity index (χ3n) is 5.66. The second kappa shape index (κ2) is 8.16. The lowest BCUT2D eigenvalue weighted by Gasteiger charge is -2.35. The zero-order valence-electron chi connectivity index (χ0n) is 14.8. The number of nitrogens with one attached hydrogen (secondary N) is 1. The highest BCUT2D eigenvalue weighted by atomic mass is 16.5. The second-order valence-electron chi connectivity index (χ2n) is 7.31. The molecule has 1 aromatic rings. The minimum atomic E-state index is 0.705. The molecule has 128 valence electrons. The number of ether oxygens (including phenoxy) is 1. The molecule has 0 saturated carbocycles. The van der Waals surface area contributed by atoms with Gasteiger partial charge < -0.3 is 15.0 Å². The van der Waals surface area contributed by atoms with Gasteiger partial charge in [0.15, 0.2) is 0 Å². The van der Waals surface area contributed by atoms with Crippen LogP contribution in [0.4, 0.5) is 5.69 Å². The number of piperidine rings is 1. The predicted octanol–water partition coefficient (Wildman–Crippen LogP) is 3.68. The van der Waals surface area contributed by atoms with E-state index in [9.17, 15) is 0 Å². The summed E-state index contributed by atoms with van der Waals surface area (Å²) in [6, 6.07) is 7.38. The third-order valence-corrected chi connectivity index (χ3v) is 5.66. The van der Waals surface area contributed by atoms with E-state index >= 15 is 0 Å². The van der Waals surface area contributed by atoms with Crippen molar-refractivity contribution in [1.29, 1.82) is 0 Å². The molecule has 1 N–H and O–H groups in total. The van der Waals surface area contributed by atoms with Gasteiger partial charge in [0, 0.05) is 38.0 Å². The summed E-state index contributed by atoms with van der Waals surface area (Å²) in [6.45, 7) is 9.97. The molecule has 2 fully saturated rings. The number of benzene rings is 1. The van der Waals surface area contributed by atoms with Gasteiger partial charge in [-0.3, -0.25) is 0 Å². The SMILES string of the molecule is Cc1cccc(N2CCC(NCCCC3CCOC3)CC2)c1C. The minimum Gasteiger partial charge on any atom is -0.381 e. The van der Waals surface area contributed by atoms with Crippen LogP contribution in [0.1, 0.15) is 43.2 Å². The van der Waals surface area contributed by atoms with Gasteiger partial charge in [-0.05, 0) is 75.6 Å². The van der Waals surface area contributed by atoms with Gasteiger partial charge >= 0.3 is 0 Å². The first-order valence-corrected chi connectivity index (χ1v) is 9.36. The first-order chi connectivity index (χ1) is 11.2. The van der Waals surface area contributed by atoms with Crippen molar-refractivity contribution in [3.8, 4) is 0 Å². The summed E-state index contributed by atoms with van der Waals surface area (Å²) in [5.74, 6) is 0.822. The highest BCUT2D eigenvalue weighted by Gasteiger charge is 2.20. The second-order valence-corrected chi connectivity index (χ2v) is 7.31. The lowest BCUT2D eigenvalue weighted by atomic mass is 10.0. The fraction of sp³-hybridized carbons (Fsp3) is 0.700. The van der Waals surface area contributed by atoms with E-state index in [0.29, 0.717) is 6.04 Å². The zero-order chi connectivity index (χ0) is 16.1. The van der Waals surface area contributed by atoms with E-state index in [4.69, 9.17) is 4.74 Å². The first kappa shape index (κ1) is 16.8. The Labute approximate surface area is 141 Å². The fourth-order valence-corrected chi connectivity index (χ4v) is 3.91. The van der Waals surface area contributed by atoms with E-state index in [1.807, 2.05) is 0 Å². The maximum Gasteiger partial charge on any atom is 0.0495 e. The quantitative estimate of drug-likeness (QED) is 0.810. The molecule has 2 aliphatic rings. The summed E-state index contributed by atoms with van der Waals surface area (Å²) in [6.07, 6.45) is 6.42. The topological polar surface area (TPSA) is 24.5 Å². The highest BCUT2D eigenvalue weighted by Crippen LogP contribution is 2.26. The molecular weight excluding hydrogens is 284 g/mol. The molecule has 2 heterocycles. The van der Waals surface area contributed by atoms with Crippen molar-refractivity contribution in [2.24, 2.45) is 5.92 Å². The number of hydrogen-bond donors (Lipinski definition) is 1. The Morgan fingerprint density at radius 3 is 2.74 bits per heavy atom. The van der Waals surface area contributed by atoms with Crippen LogP contribution in [0, 0.1) is 19.8 Å². The van der Waals surface area contributed by atoms with Gasteiger partial charge in [-0.2, -0.15) is 0 Å². The number of aryl methyl sites for hydroxylation is 1. The van der Waals surface area contributed by atoms with Gasteiger partial charge in [0.05, 0.1) is 0 Å². The summed E-state index contributed by atoms with van der Waals surface area (Å²) >= 11 is 0. The van der Waals surface area contributed by atoms with Crippen LogP contribution in [-0.2, 0) is 4.74 Å². The van der Waals surface area contributed by atoms with Crippen molar-refractivity contribution in [3.63, 3.8) is 0 Å². The van der Waals surface area contributed by atoms with Gasteiger partial charge in [-0.15, -0.1) is 0 Å². The molecule has 1 unspecified atom stereocenters. The van der Waals surface area contributed by atoms with E-state index in [1.54, 1.807) is 0 Å². The van der Waals surface area contributed by atoms with Gasteiger partial charge in [-0.25, -0.2) is 0 Å². The van der Waals surface area contributed by atoms with Crippen LogP contribution in [0.5, 0.6) is 0 Å². The summed E-state index contributed by atoms with van der Waals surface area (Å²) in [4.78, 5) is 2.57. The Balaban J connectivity index is 1.37. The average molecular weight is 316 g/mol. The van der Waals surface area contributed by atoms with Crippen LogP contribution >= 0.6 is 0 Å². The molecule has 0 spiro atoms. The molecule has 0 aromatic heterocycles. The lowest BCUT2D eigenvalue weighted by Crippen LogP contribution is -2.43. The maximum atomic E-state index is 5.45. The van der Waals surface area contributed by atoms with E-state index in [2.05, 4.69) is 42.3 Å². The van der Waals surface area contributed by atoms with E-state index in [0.717, 1.165) is 19.1 Å². The summed E-state index contributed by atoms with van der Waals surface area (Å²) in [5.41, 5.74) is 4.28. The monoisotopic (exact) mass is 316 g/mol. The molecule has 0 amide bonds. The molecular formula is C20H32N2O. The number of hydrogen-bond acceptors (Lipinski definition) is 3. The van der Waals surface area contributed by atoms with Crippen molar-refractivity contribution >= 4 is 5.69 Å². The Morgan fingerprint density at radius 1 is 1.17 bits per heavy atom. The molecule has 2 aliphatic heterocycles. The Kier molecular flexibility index (Phi) is 5.96. The lowest BCUT2D eigenvalue weighted by molar-refractivity contribution is 0.183. The van der Waals surface area contributed by atoms with Crippen LogP contribution in [-0.4, -0.2) is 38.9 Å². The first-order valence-electron chi connectivity index (χ1n) is 9.36. The maximum absolute atomic E-state index is 5.45. The summed E-state index contributed by atoms with van der Waals surface area (Å²) in [5, 5.41) is 3.78. The zero-order valence-corrected chi connectivity index (χ0v) is 14.8. The Morgan fingerprint density at radius 2 is 2.00 bits per heavy atom. The smallest absolute Gasteiger partial charge is 0.0495 e. The van der Waals surface area contributed by atoms with E-state index in [-0.39, 0.29) is 0 Å². The van der Waals surface area contributed by atoms with Crippen LogP contribution in [0.15, 0.2) is 18.2 Å². The minimum absolute atomic E-state index is 0.705. The van der Waals surface area contributed by atoms with Gasteiger partial charge in [0.1, 0.15) is 0 Å². The molecule has 1 atom stereocenters. The number of nitrogens with zero attached hydrogens (tertiary/aromatic N) is 1. The summed E-state index contributed by atoms with van der Waals surface area (Å²) in [7, 11) is 0. The van der Waals surface area contributed by atoms with Gasteiger partial charge in [-0.1, -0.05) is 12.1 Å². The molecule has 3 heteroatoms. The molecule has 0 bridgehead atoms. The molecule has 3 nitrogen and oxygen atoms in total. The summed E-state index contributed by atoms with van der Waals surface area (Å²) < 4.78 is 5.45. The Hall–Kier alpha value is -1.06. The van der Waals surface area contributed by atoms with Crippen molar-refractivity contribution in [2.45, 2.75) is 52.0 Å².